The molecule has 2 aromatic rings. The summed E-state index contributed by atoms with van der Waals surface area (Å²) < 4.78 is 67.2. The number of quaternary nitrogens is 1. The van der Waals surface area contributed by atoms with Crippen LogP contribution in [0.15, 0.2) is 41.3 Å². The summed E-state index contributed by atoms with van der Waals surface area (Å²) in [5.41, 5.74) is 3.47. The van der Waals surface area contributed by atoms with E-state index in [1.807, 2.05) is 0 Å². The van der Waals surface area contributed by atoms with Crippen LogP contribution in [-0.2, 0) is 16.6 Å². The van der Waals surface area contributed by atoms with E-state index in [0.717, 1.165) is 24.3 Å². The van der Waals surface area contributed by atoms with Crippen molar-refractivity contribution in [3.05, 3.63) is 64.1 Å². The van der Waals surface area contributed by atoms with Gasteiger partial charge in [-0.15, -0.1) is 0 Å². The van der Waals surface area contributed by atoms with Crippen LogP contribution in [0.5, 0.6) is 0 Å². The van der Waals surface area contributed by atoms with E-state index in [0.29, 0.717) is 11.6 Å². The Balaban J connectivity index is 2.43. The van der Waals surface area contributed by atoms with Crippen molar-refractivity contribution in [1.29, 1.82) is 0 Å². The minimum Gasteiger partial charge on any atom is -0.570 e. The average Bonchev–Trinajstić information content (AvgIpc) is 2.42. The second-order valence-corrected chi connectivity index (χ2v) is 5.75. The summed E-state index contributed by atoms with van der Waals surface area (Å²) in [5, 5.41) is 0. The summed E-state index contributed by atoms with van der Waals surface area (Å²) >= 11 is 0. The number of benzene rings is 2. The Hall–Kier alpha value is -2.06. The molecule has 8 heteroatoms. The summed E-state index contributed by atoms with van der Waals surface area (Å²) in [6.07, 6.45) is 0. The average molecular weight is 316 g/mol. The monoisotopic (exact) mass is 316 g/mol. The van der Waals surface area contributed by atoms with Gasteiger partial charge in [0, 0.05) is 11.6 Å². The second-order valence-electron chi connectivity index (χ2n) is 4.18. The molecular formula is C13H11F3N2O2S. The Kier molecular flexibility index (Phi) is 4.19. The highest BCUT2D eigenvalue weighted by molar-refractivity contribution is 7.94. The van der Waals surface area contributed by atoms with Gasteiger partial charge in [-0.05, 0) is 18.2 Å². The highest BCUT2D eigenvalue weighted by Crippen LogP contribution is 2.31. The van der Waals surface area contributed by atoms with Crippen LogP contribution < -0.4 is 5.73 Å². The third-order valence-corrected chi connectivity index (χ3v) is 4.00. The van der Waals surface area contributed by atoms with Gasteiger partial charge in [-0.2, -0.15) is 0 Å². The van der Waals surface area contributed by atoms with E-state index in [2.05, 4.69) is 10.5 Å². The van der Waals surface area contributed by atoms with E-state index in [1.165, 1.54) is 6.07 Å². The normalized spacial score (nSPS) is 11.4. The Morgan fingerprint density at radius 3 is 2.33 bits per heavy atom. The van der Waals surface area contributed by atoms with Gasteiger partial charge < -0.3 is 10.5 Å². The predicted molar refractivity (Wildman–Crippen MR) is 69.6 cm³/mol. The van der Waals surface area contributed by atoms with Gasteiger partial charge in [0.25, 0.3) is 0 Å². The van der Waals surface area contributed by atoms with Crippen LogP contribution in [0, 0.1) is 17.5 Å². The van der Waals surface area contributed by atoms with Gasteiger partial charge in [0.15, 0.2) is 0 Å². The zero-order valence-electron chi connectivity index (χ0n) is 10.7. The maximum absolute atomic E-state index is 13.7. The van der Waals surface area contributed by atoms with E-state index in [9.17, 15) is 21.6 Å². The Labute approximate surface area is 119 Å². The van der Waals surface area contributed by atoms with Crippen LogP contribution in [0.4, 0.5) is 18.9 Å². The number of sulfonamides is 1. The standard InChI is InChI=1S/C13H10F3N2O2S/c14-9-2-4-12(11(16)6-9)18-21(19,20)13-5-8(7-17)1-3-10(13)15/h1-6H,7,17H2/q-1/p+1. The number of halogens is 3. The number of hydrogen-bond donors (Lipinski definition) is 1. The van der Waals surface area contributed by atoms with Gasteiger partial charge in [-0.25, -0.2) is 21.6 Å². The molecule has 0 saturated carbocycles. The molecule has 0 saturated heterocycles. The summed E-state index contributed by atoms with van der Waals surface area (Å²) in [6.45, 7) is 0.258. The van der Waals surface area contributed by atoms with Gasteiger partial charge in [-0.3, -0.25) is 0 Å². The van der Waals surface area contributed by atoms with E-state index in [4.69, 9.17) is 0 Å². The molecule has 0 heterocycles. The predicted octanol–water partition coefficient (Wildman–Crippen LogP) is 2.24. The fourth-order valence-electron chi connectivity index (χ4n) is 1.63. The molecule has 0 aliphatic rings. The van der Waals surface area contributed by atoms with Crippen LogP contribution in [0.25, 0.3) is 4.72 Å². The van der Waals surface area contributed by atoms with Crippen molar-refractivity contribution in [3.63, 3.8) is 0 Å². The molecule has 0 aliphatic heterocycles. The Bertz CT molecular complexity index is 779. The highest BCUT2D eigenvalue weighted by Gasteiger charge is 2.13. The van der Waals surface area contributed by atoms with Crippen molar-refractivity contribution in [2.75, 3.05) is 0 Å². The van der Waals surface area contributed by atoms with Crippen LogP contribution in [0.2, 0.25) is 0 Å². The molecule has 112 valence electrons. The molecule has 0 fully saturated rings. The Morgan fingerprint density at radius 1 is 1.00 bits per heavy atom. The SMILES string of the molecule is [NH3+]Cc1ccc(F)c(S(=O)(=O)[N-]c2ccc(F)cc2F)c1. The lowest BCUT2D eigenvalue weighted by Gasteiger charge is -2.23. The van der Waals surface area contributed by atoms with E-state index in [-0.39, 0.29) is 6.54 Å². The van der Waals surface area contributed by atoms with Gasteiger partial charge in [-0.1, -0.05) is 17.8 Å². The van der Waals surface area contributed by atoms with Crippen molar-refractivity contribution in [3.8, 4) is 0 Å². The number of nitrogens with zero attached hydrogens (tertiary/aromatic N) is 1. The minimum atomic E-state index is -4.45. The summed E-state index contributed by atoms with van der Waals surface area (Å²) in [6, 6.07) is 5.68. The molecule has 0 aromatic heterocycles. The van der Waals surface area contributed by atoms with Crippen LogP contribution in [-0.4, -0.2) is 8.42 Å². The van der Waals surface area contributed by atoms with Gasteiger partial charge in [0.2, 0.25) is 0 Å². The molecule has 2 rings (SSSR count). The van der Waals surface area contributed by atoms with Crippen LogP contribution >= 0.6 is 0 Å². The quantitative estimate of drug-likeness (QED) is 0.939. The third kappa shape index (κ3) is 3.34. The lowest BCUT2D eigenvalue weighted by Crippen LogP contribution is -2.47. The fourth-order valence-corrected chi connectivity index (χ4v) is 2.76. The molecule has 0 amide bonds. The zero-order chi connectivity index (χ0) is 15.6. The van der Waals surface area contributed by atoms with E-state index >= 15 is 0 Å². The lowest BCUT2D eigenvalue weighted by atomic mass is 10.2. The number of hydrogen-bond acceptors (Lipinski definition) is 2. The topological polar surface area (TPSA) is 75.9 Å². The zero-order valence-corrected chi connectivity index (χ0v) is 11.5. The molecule has 2 aromatic carbocycles. The molecule has 0 aliphatic carbocycles. The highest BCUT2D eigenvalue weighted by atomic mass is 32.2. The largest absolute Gasteiger partial charge is 0.570 e. The molecule has 0 bridgehead atoms. The first-order valence-corrected chi connectivity index (χ1v) is 7.28. The van der Waals surface area contributed by atoms with Crippen molar-refractivity contribution in [2.45, 2.75) is 11.4 Å². The third-order valence-electron chi connectivity index (χ3n) is 2.69. The van der Waals surface area contributed by atoms with Crippen LogP contribution in [0.1, 0.15) is 5.56 Å². The molecule has 4 nitrogen and oxygen atoms in total. The smallest absolute Gasteiger partial charge is 0.140 e. The molecule has 0 unspecified atom stereocenters. The first-order chi connectivity index (χ1) is 9.83. The summed E-state index contributed by atoms with van der Waals surface area (Å²) in [5.74, 6) is -3.01. The first kappa shape index (κ1) is 15.3. The van der Waals surface area contributed by atoms with Gasteiger partial charge in [0.05, 0.1) is 11.4 Å². The summed E-state index contributed by atoms with van der Waals surface area (Å²) in [7, 11) is -4.45. The van der Waals surface area contributed by atoms with Crippen molar-refractivity contribution < 1.29 is 27.3 Å². The first-order valence-electron chi connectivity index (χ1n) is 5.84. The maximum Gasteiger partial charge on any atom is 0.140 e. The fraction of sp³-hybridized carbons (Fsp3) is 0.0769. The molecule has 0 spiro atoms. The van der Waals surface area contributed by atoms with Gasteiger partial charge >= 0.3 is 0 Å². The molecular weight excluding hydrogens is 305 g/mol. The minimum absolute atomic E-state index is 0.258. The van der Waals surface area contributed by atoms with Crippen molar-refractivity contribution in [1.82, 2.24) is 0 Å². The maximum atomic E-state index is 13.7. The van der Waals surface area contributed by atoms with Crippen LogP contribution in [0.3, 0.4) is 0 Å². The van der Waals surface area contributed by atoms with Gasteiger partial charge in [0.1, 0.15) is 27.5 Å². The molecule has 3 N–H and O–H groups in total. The molecule has 0 radical (unpaired) electrons. The second kappa shape index (κ2) is 5.74. The van der Waals surface area contributed by atoms with Crippen molar-refractivity contribution >= 4 is 15.7 Å². The van der Waals surface area contributed by atoms with E-state index in [1.54, 1.807) is 0 Å². The molecule has 0 atom stereocenters. The summed E-state index contributed by atoms with van der Waals surface area (Å²) in [4.78, 5) is -0.674. The molecule has 21 heavy (non-hydrogen) atoms. The van der Waals surface area contributed by atoms with Crippen molar-refractivity contribution in [2.24, 2.45) is 0 Å². The van der Waals surface area contributed by atoms with E-state index < -0.39 is 38.1 Å². The Morgan fingerprint density at radius 2 is 1.71 bits per heavy atom. The lowest BCUT2D eigenvalue weighted by molar-refractivity contribution is -0.386. The number of rotatable bonds is 4.